The lowest BCUT2D eigenvalue weighted by Crippen LogP contribution is -2.34. The molecule has 1 saturated heterocycles. The van der Waals surface area contributed by atoms with E-state index in [1.54, 1.807) is 23.9 Å². The Morgan fingerprint density at radius 3 is 2.55 bits per heavy atom. The molecule has 4 nitrogen and oxygen atoms in total. The van der Waals surface area contributed by atoms with Crippen LogP contribution in [0.15, 0.2) is 76.5 Å². The van der Waals surface area contributed by atoms with Crippen LogP contribution in [0.4, 0.5) is 30.2 Å². The van der Waals surface area contributed by atoms with Crippen molar-refractivity contribution in [3.8, 4) is 5.75 Å². The molecule has 0 aliphatic carbocycles. The molecule has 2 aliphatic heterocycles. The molecule has 172 valence electrons. The van der Waals surface area contributed by atoms with E-state index in [4.69, 9.17) is 11.6 Å². The third-order valence-corrected chi connectivity index (χ3v) is 7.68. The number of rotatable bonds is 5. The second-order valence-corrected chi connectivity index (χ2v) is 10.1. The minimum absolute atomic E-state index is 0.238. The largest absolute Gasteiger partial charge is 0.573 e. The van der Waals surface area contributed by atoms with Crippen molar-refractivity contribution in [1.29, 1.82) is 0 Å². The molecule has 2 aliphatic rings. The molecule has 0 spiro atoms. The van der Waals surface area contributed by atoms with Crippen molar-refractivity contribution in [2.24, 2.45) is 0 Å². The molecule has 0 saturated carbocycles. The Kier molecular flexibility index (Phi) is 6.30. The van der Waals surface area contributed by atoms with Gasteiger partial charge in [-0.25, -0.2) is 4.31 Å². The molecule has 3 aromatic carbocycles. The van der Waals surface area contributed by atoms with Gasteiger partial charge in [-0.2, -0.15) is 0 Å². The zero-order valence-corrected chi connectivity index (χ0v) is 19.6. The van der Waals surface area contributed by atoms with Gasteiger partial charge in [-0.15, -0.1) is 13.2 Å². The van der Waals surface area contributed by atoms with E-state index in [1.807, 2.05) is 12.1 Å². The highest BCUT2D eigenvalue weighted by atomic mass is 35.5. The van der Waals surface area contributed by atoms with Crippen molar-refractivity contribution in [3.05, 3.63) is 71.8 Å². The quantitative estimate of drug-likeness (QED) is 0.356. The Balaban J connectivity index is 1.27. The van der Waals surface area contributed by atoms with Gasteiger partial charge in [0, 0.05) is 51.8 Å². The number of nitrogens with zero attached hydrogens (tertiary/aromatic N) is 2. The number of hydrogen-bond acceptors (Lipinski definition) is 6. The van der Waals surface area contributed by atoms with E-state index in [9.17, 15) is 13.2 Å². The Bertz CT molecular complexity index is 1150. The molecule has 1 fully saturated rings. The predicted molar refractivity (Wildman–Crippen MR) is 128 cm³/mol. The summed E-state index contributed by atoms with van der Waals surface area (Å²) in [7, 11) is 0. The first-order valence-electron chi connectivity index (χ1n) is 10.3. The van der Waals surface area contributed by atoms with Crippen molar-refractivity contribution in [1.82, 2.24) is 4.31 Å². The van der Waals surface area contributed by atoms with Crippen molar-refractivity contribution >= 4 is 52.6 Å². The van der Waals surface area contributed by atoms with Crippen molar-refractivity contribution < 1.29 is 17.9 Å². The highest BCUT2D eigenvalue weighted by molar-refractivity contribution is 7.99. The number of para-hydroxylation sites is 1. The molecule has 10 heteroatoms. The second-order valence-electron chi connectivity index (χ2n) is 7.65. The highest BCUT2D eigenvalue weighted by Crippen LogP contribution is 2.50. The number of benzene rings is 3. The molecule has 5 rings (SSSR count). The predicted octanol–water partition coefficient (Wildman–Crippen LogP) is 7.59. The summed E-state index contributed by atoms with van der Waals surface area (Å²) in [4.78, 5) is 4.79. The molecular weight excluding hydrogens is 491 g/mol. The summed E-state index contributed by atoms with van der Waals surface area (Å²) in [5.41, 5.74) is 3.01. The van der Waals surface area contributed by atoms with Gasteiger partial charge in [0.15, 0.2) is 0 Å². The molecular formula is C23H19ClF3N3OS2. The summed E-state index contributed by atoms with van der Waals surface area (Å²) < 4.78 is 46.3. The lowest BCUT2D eigenvalue weighted by molar-refractivity contribution is -0.274. The summed E-state index contributed by atoms with van der Waals surface area (Å²) >= 11 is 9.54. The lowest BCUT2D eigenvalue weighted by atomic mass is 10.1. The number of alkyl halides is 3. The summed E-state index contributed by atoms with van der Waals surface area (Å²) in [6.07, 6.45) is -3.72. The van der Waals surface area contributed by atoms with E-state index >= 15 is 0 Å². The average molecular weight is 510 g/mol. The molecule has 0 amide bonds. The van der Waals surface area contributed by atoms with Gasteiger partial charge in [-0.1, -0.05) is 35.5 Å². The van der Waals surface area contributed by atoms with Gasteiger partial charge in [-0.3, -0.25) is 0 Å². The molecule has 1 atom stereocenters. The van der Waals surface area contributed by atoms with E-state index < -0.39 is 6.36 Å². The molecule has 0 radical (unpaired) electrons. The van der Waals surface area contributed by atoms with Crippen molar-refractivity contribution in [2.45, 2.75) is 28.6 Å². The third kappa shape index (κ3) is 5.16. The number of ether oxygens (including phenoxy) is 1. The van der Waals surface area contributed by atoms with E-state index in [0.717, 1.165) is 25.2 Å². The van der Waals surface area contributed by atoms with Crippen LogP contribution >= 0.6 is 35.5 Å². The molecule has 3 aromatic rings. The minimum atomic E-state index is -4.69. The van der Waals surface area contributed by atoms with Gasteiger partial charge in [0.05, 0.1) is 11.4 Å². The van der Waals surface area contributed by atoms with Gasteiger partial charge in [-0.05, 0) is 61.0 Å². The summed E-state index contributed by atoms with van der Waals surface area (Å²) in [5, 5.41) is 0.711. The van der Waals surface area contributed by atoms with E-state index in [1.165, 1.54) is 39.7 Å². The normalized spacial score (nSPS) is 18.1. The Morgan fingerprint density at radius 1 is 1.00 bits per heavy atom. The fourth-order valence-electron chi connectivity index (χ4n) is 4.00. The van der Waals surface area contributed by atoms with Crippen LogP contribution in [0.25, 0.3) is 0 Å². The Labute approximate surface area is 203 Å². The van der Waals surface area contributed by atoms with Crippen LogP contribution in [0.2, 0.25) is 5.02 Å². The second kappa shape index (κ2) is 9.21. The maximum Gasteiger partial charge on any atom is 0.573 e. The maximum absolute atomic E-state index is 12.3. The SMILES string of the molecule is FC(F)(F)Oc1ccc(NSN2CC[C@@H](N3c4ccccc4Sc4ccc(Cl)cc43)C2)cc1. The van der Waals surface area contributed by atoms with Crippen LogP contribution in [0, 0.1) is 0 Å². The van der Waals surface area contributed by atoms with Crippen LogP contribution in [0.5, 0.6) is 5.75 Å². The monoisotopic (exact) mass is 509 g/mol. The lowest BCUT2D eigenvalue weighted by Gasteiger charge is -2.37. The molecule has 33 heavy (non-hydrogen) atoms. The first-order valence-corrected chi connectivity index (χ1v) is 12.2. The smallest absolute Gasteiger partial charge is 0.406 e. The number of anilines is 3. The van der Waals surface area contributed by atoms with Gasteiger partial charge >= 0.3 is 6.36 Å². The zero-order valence-electron chi connectivity index (χ0n) is 17.2. The maximum atomic E-state index is 12.3. The summed E-state index contributed by atoms with van der Waals surface area (Å²) in [5.74, 6) is -0.238. The van der Waals surface area contributed by atoms with Gasteiger partial charge in [0.2, 0.25) is 0 Å². The Morgan fingerprint density at radius 2 is 1.76 bits per heavy atom. The fourth-order valence-corrected chi connectivity index (χ4v) is 6.03. The van der Waals surface area contributed by atoms with E-state index in [-0.39, 0.29) is 11.8 Å². The molecule has 0 unspecified atom stereocenters. The Hall–Kier alpha value is -2.20. The van der Waals surface area contributed by atoms with Gasteiger partial charge in [0.1, 0.15) is 5.75 Å². The van der Waals surface area contributed by atoms with Gasteiger partial charge in [0.25, 0.3) is 0 Å². The molecule has 0 bridgehead atoms. The van der Waals surface area contributed by atoms with Crippen LogP contribution in [0.1, 0.15) is 6.42 Å². The van der Waals surface area contributed by atoms with E-state index in [0.29, 0.717) is 10.7 Å². The number of nitrogens with one attached hydrogen (secondary N) is 1. The minimum Gasteiger partial charge on any atom is -0.406 e. The zero-order chi connectivity index (χ0) is 23.0. The third-order valence-electron chi connectivity index (χ3n) is 5.40. The molecule has 2 heterocycles. The fraction of sp³-hybridized carbons (Fsp3) is 0.217. The first kappa shape index (κ1) is 22.6. The molecule has 0 aromatic heterocycles. The van der Waals surface area contributed by atoms with Crippen LogP contribution in [-0.2, 0) is 0 Å². The van der Waals surface area contributed by atoms with Gasteiger partial charge < -0.3 is 14.4 Å². The molecule has 1 N–H and O–H groups in total. The standard InChI is InChI=1S/C23H19ClF3N3OS2/c24-15-5-10-22-20(13-15)30(19-3-1-2-4-21(19)32-22)17-11-12-29(14-17)33-28-16-6-8-18(9-7-16)31-23(25,26)27/h1-10,13,17,28H,11-12,14H2/t17-/m1/s1. The number of hydrogen-bond donors (Lipinski definition) is 1. The number of fused-ring (bicyclic) bond motifs is 2. The number of halogens is 4. The van der Waals surface area contributed by atoms with E-state index in [2.05, 4.69) is 49.0 Å². The average Bonchev–Trinajstić information content (AvgIpc) is 3.24. The first-order chi connectivity index (χ1) is 15.9. The van der Waals surface area contributed by atoms with Crippen molar-refractivity contribution in [3.63, 3.8) is 0 Å². The highest BCUT2D eigenvalue weighted by Gasteiger charge is 2.34. The van der Waals surface area contributed by atoms with Crippen LogP contribution < -0.4 is 14.4 Å². The summed E-state index contributed by atoms with van der Waals surface area (Å²) in [6, 6.07) is 20.4. The van der Waals surface area contributed by atoms with Crippen molar-refractivity contribution in [2.75, 3.05) is 22.7 Å². The summed E-state index contributed by atoms with van der Waals surface area (Å²) in [6.45, 7) is 1.69. The topological polar surface area (TPSA) is 27.7 Å². The van der Waals surface area contributed by atoms with Crippen LogP contribution in [-0.4, -0.2) is 29.8 Å². The van der Waals surface area contributed by atoms with Crippen LogP contribution in [0.3, 0.4) is 0 Å².